The molecule has 0 saturated heterocycles. The zero-order chi connectivity index (χ0) is 19.4. The molecule has 0 aliphatic carbocycles. The minimum atomic E-state index is -0.562. The lowest BCUT2D eigenvalue weighted by Crippen LogP contribution is -2.06. The molecular formula is C20H19NO6. The van der Waals surface area contributed by atoms with Crippen LogP contribution in [0, 0.1) is 0 Å². The zero-order valence-electron chi connectivity index (χ0n) is 15.4. The third kappa shape index (κ3) is 3.57. The van der Waals surface area contributed by atoms with E-state index in [0.717, 1.165) is 0 Å². The minimum Gasteiger partial charge on any atom is -0.496 e. The van der Waals surface area contributed by atoms with E-state index in [-0.39, 0.29) is 11.6 Å². The first-order valence-electron chi connectivity index (χ1n) is 8.07. The van der Waals surface area contributed by atoms with Gasteiger partial charge in [0.15, 0.2) is 17.2 Å². The van der Waals surface area contributed by atoms with Crippen LogP contribution in [0.2, 0.25) is 0 Å². The number of esters is 1. The largest absolute Gasteiger partial charge is 0.496 e. The summed E-state index contributed by atoms with van der Waals surface area (Å²) in [6, 6.07) is 10.6. The summed E-state index contributed by atoms with van der Waals surface area (Å²) in [5, 5.41) is 0. The van der Waals surface area contributed by atoms with Gasteiger partial charge in [-0.25, -0.2) is 9.79 Å². The lowest BCUT2D eigenvalue weighted by atomic mass is 10.1. The molecular weight excluding hydrogens is 350 g/mol. The van der Waals surface area contributed by atoms with Gasteiger partial charge in [0, 0.05) is 11.6 Å². The van der Waals surface area contributed by atoms with Crippen LogP contribution in [0.1, 0.15) is 11.1 Å². The van der Waals surface area contributed by atoms with Crippen molar-refractivity contribution in [1.29, 1.82) is 0 Å². The van der Waals surface area contributed by atoms with Gasteiger partial charge in [-0.15, -0.1) is 0 Å². The fourth-order valence-electron chi connectivity index (χ4n) is 2.66. The Balaban J connectivity index is 2.04. The summed E-state index contributed by atoms with van der Waals surface area (Å²) in [4.78, 5) is 16.6. The predicted octanol–water partition coefficient (Wildman–Crippen LogP) is 3.07. The van der Waals surface area contributed by atoms with Crippen LogP contribution >= 0.6 is 0 Å². The molecule has 0 N–H and O–H groups in total. The number of hydrogen-bond acceptors (Lipinski definition) is 7. The highest BCUT2D eigenvalue weighted by atomic mass is 16.6. The van der Waals surface area contributed by atoms with Crippen molar-refractivity contribution in [3.05, 3.63) is 53.2 Å². The summed E-state index contributed by atoms with van der Waals surface area (Å²) in [5.74, 6) is 1.72. The summed E-state index contributed by atoms with van der Waals surface area (Å²) in [6.45, 7) is 0. The Hall–Kier alpha value is -3.48. The van der Waals surface area contributed by atoms with Gasteiger partial charge in [0.25, 0.3) is 0 Å². The van der Waals surface area contributed by atoms with Crippen molar-refractivity contribution in [3.63, 3.8) is 0 Å². The molecule has 3 rings (SSSR count). The van der Waals surface area contributed by atoms with Gasteiger partial charge in [0.05, 0.1) is 34.0 Å². The first-order valence-corrected chi connectivity index (χ1v) is 8.07. The maximum atomic E-state index is 12.3. The Morgan fingerprint density at radius 1 is 0.852 bits per heavy atom. The number of cyclic esters (lactones) is 1. The van der Waals surface area contributed by atoms with E-state index in [1.807, 2.05) is 12.1 Å². The fraction of sp³-hybridized carbons (Fsp3) is 0.200. The number of aliphatic imine (C=N–C) groups is 1. The molecule has 0 amide bonds. The molecule has 0 aromatic heterocycles. The number of ether oxygens (including phenoxy) is 5. The molecule has 0 atom stereocenters. The van der Waals surface area contributed by atoms with Crippen molar-refractivity contribution in [2.75, 3.05) is 28.4 Å². The molecule has 1 aliphatic rings. The normalized spacial score (nSPS) is 14.6. The number of hydrogen-bond donors (Lipinski definition) is 0. The minimum absolute atomic E-state index is 0.140. The summed E-state index contributed by atoms with van der Waals surface area (Å²) >= 11 is 0. The molecule has 0 saturated carbocycles. The van der Waals surface area contributed by atoms with Gasteiger partial charge in [0.2, 0.25) is 5.90 Å². The van der Waals surface area contributed by atoms with Gasteiger partial charge in [-0.1, -0.05) is 12.1 Å². The van der Waals surface area contributed by atoms with Crippen molar-refractivity contribution in [1.82, 2.24) is 0 Å². The monoisotopic (exact) mass is 369 g/mol. The molecule has 140 valence electrons. The first kappa shape index (κ1) is 18.3. The average molecular weight is 369 g/mol. The quantitative estimate of drug-likeness (QED) is 0.575. The van der Waals surface area contributed by atoms with Crippen LogP contribution in [0.5, 0.6) is 23.0 Å². The molecule has 0 unspecified atom stereocenters. The molecule has 1 heterocycles. The number of rotatable bonds is 6. The zero-order valence-corrected chi connectivity index (χ0v) is 15.4. The van der Waals surface area contributed by atoms with E-state index < -0.39 is 5.97 Å². The van der Waals surface area contributed by atoms with Crippen molar-refractivity contribution >= 4 is 17.9 Å². The van der Waals surface area contributed by atoms with Crippen molar-refractivity contribution < 1.29 is 28.5 Å². The Morgan fingerprint density at radius 3 is 2.15 bits per heavy atom. The maximum absolute atomic E-state index is 12.3. The van der Waals surface area contributed by atoms with E-state index in [9.17, 15) is 4.79 Å². The van der Waals surface area contributed by atoms with Gasteiger partial charge in [-0.2, -0.15) is 0 Å². The smallest absolute Gasteiger partial charge is 0.363 e. The molecule has 2 aromatic rings. The number of carbonyl (C=O) groups excluding carboxylic acids is 1. The second-order valence-electron chi connectivity index (χ2n) is 5.49. The number of para-hydroxylation sites is 1. The van der Waals surface area contributed by atoms with Crippen LogP contribution < -0.4 is 18.9 Å². The van der Waals surface area contributed by atoms with E-state index in [0.29, 0.717) is 34.1 Å². The molecule has 0 spiro atoms. The molecule has 7 heteroatoms. The number of benzene rings is 2. The third-order valence-electron chi connectivity index (χ3n) is 3.99. The van der Waals surface area contributed by atoms with Crippen LogP contribution in [0.25, 0.3) is 6.08 Å². The number of carbonyl (C=O) groups is 1. The maximum Gasteiger partial charge on any atom is 0.363 e. The Morgan fingerprint density at radius 2 is 1.48 bits per heavy atom. The standard InChI is InChI=1S/C20H19NO6/c1-23-15-8-6-5-7-13(15)19-21-14(20(22)27-19)9-12-10-17(25-3)18(26-4)11-16(12)24-2/h5-11H,1-4H3. The van der Waals surface area contributed by atoms with Gasteiger partial charge in [-0.05, 0) is 24.3 Å². The van der Waals surface area contributed by atoms with Crippen LogP contribution in [0.4, 0.5) is 0 Å². The van der Waals surface area contributed by atoms with Crippen molar-refractivity contribution in [2.45, 2.75) is 0 Å². The highest BCUT2D eigenvalue weighted by molar-refractivity contribution is 6.13. The Bertz CT molecular complexity index is 932. The van der Waals surface area contributed by atoms with Crippen LogP contribution in [0.15, 0.2) is 47.1 Å². The first-order chi connectivity index (χ1) is 13.1. The molecule has 0 fully saturated rings. The van der Waals surface area contributed by atoms with Gasteiger partial charge >= 0.3 is 5.97 Å². The molecule has 0 radical (unpaired) electrons. The number of methoxy groups -OCH3 is 4. The molecule has 0 bridgehead atoms. The summed E-state index contributed by atoms with van der Waals surface area (Å²) in [6.07, 6.45) is 1.57. The van der Waals surface area contributed by atoms with Crippen LogP contribution in [-0.2, 0) is 9.53 Å². The summed E-state index contributed by atoms with van der Waals surface area (Å²) in [5.41, 5.74) is 1.34. The SMILES string of the molecule is COc1cc(OC)c(OC)cc1C=C1N=C(c2ccccc2OC)OC1=O. The van der Waals surface area contributed by atoms with E-state index in [4.69, 9.17) is 23.7 Å². The van der Waals surface area contributed by atoms with Crippen LogP contribution in [0.3, 0.4) is 0 Å². The fourth-order valence-corrected chi connectivity index (χ4v) is 2.66. The van der Waals surface area contributed by atoms with E-state index in [2.05, 4.69) is 4.99 Å². The highest BCUT2D eigenvalue weighted by Crippen LogP contribution is 2.36. The van der Waals surface area contributed by atoms with Crippen LogP contribution in [-0.4, -0.2) is 40.3 Å². The molecule has 1 aliphatic heterocycles. The Kier molecular flexibility index (Phi) is 5.30. The van der Waals surface area contributed by atoms with Gasteiger partial charge in [-0.3, -0.25) is 0 Å². The van der Waals surface area contributed by atoms with Crippen molar-refractivity contribution in [2.24, 2.45) is 4.99 Å². The van der Waals surface area contributed by atoms with E-state index >= 15 is 0 Å². The van der Waals surface area contributed by atoms with E-state index in [1.165, 1.54) is 21.3 Å². The molecule has 2 aromatic carbocycles. The second kappa shape index (κ2) is 7.82. The lowest BCUT2D eigenvalue weighted by Gasteiger charge is -2.12. The average Bonchev–Trinajstić information content (AvgIpc) is 3.07. The summed E-state index contributed by atoms with van der Waals surface area (Å²) < 4.78 is 26.6. The lowest BCUT2D eigenvalue weighted by molar-refractivity contribution is -0.129. The highest BCUT2D eigenvalue weighted by Gasteiger charge is 2.26. The topological polar surface area (TPSA) is 75.6 Å². The number of nitrogens with zero attached hydrogens (tertiary/aromatic N) is 1. The molecule has 27 heavy (non-hydrogen) atoms. The molecule has 7 nitrogen and oxygen atoms in total. The van der Waals surface area contributed by atoms with Gasteiger partial charge in [0.1, 0.15) is 11.5 Å². The predicted molar refractivity (Wildman–Crippen MR) is 99.7 cm³/mol. The van der Waals surface area contributed by atoms with Gasteiger partial charge < -0.3 is 23.7 Å². The van der Waals surface area contributed by atoms with Crippen molar-refractivity contribution in [3.8, 4) is 23.0 Å². The second-order valence-corrected chi connectivity index (χ2v) is 5.49. The van der Waals surface area contributed by atoms with E-state index in [1.54, 1.807) is 37.5 Å². The summed E-state index contributed by atoms with van der Waals surface area (Å²) in [7, 11) is 6.14. The third-order valence-corrected chi connectivity index (χ3v) is 3.99. The Labute approximate surface area is 156 Å².